The average molecular weight is 366 g/mol. The van der Waals surface area contributed by atoms with E-state index >= 15 is 0 Å². The summed E-state index contributed by atoms with van der Waals surface area (Å²) < 4.78 is 19.6. The fraction of sp³-hybridized carbons (Fsp3) is 0.632. The molecule has 146 valence electrons. The Morgan fingerprint density at radius 3 is 2.77 bits per heavy atom. The predicted molar refractivity (Wildman–Crippen MR) is 103 cm³/mol. The van der Waals surface area contributed by atoms with E-state index in [2.05, 4.69) is 15.6 Å². The summed E-state index contributed by atoms with van der Waals surface area (Å²) in [4.78, 5) is 6.52. The van der Waals surface area contributed by atoms with Crippen molar-refractivity contribution in [3.63, 3.8) is 0 Å². The van der Waals surface area contributed by atoms with Crippen LogP contribution >= 0.6 is 0 Å². The molecule has 0 aliphatic carbocycles. The summed E-state index contributed by atoms with van der Waals surface area (Å²) in [5.41, 5.74) is 1.42. The van der Waals surface area contributed by atoms with Crippen molar-refractivity contribution in [1.29, 1.82) is 0 Å². The van der Waals surface area contributed by atoms with Gasteiger partial charge in [-0.2, -0.15) is 0 Å². The van der Waals surface area contributed by atoms with Gasteiger partial charge >= 0.3 is 0 Å². The molecule has 6 nitrogen and oxygen atoms in total. The van der Waals surface area contributed by atoms with E-state index in [1.807, 2.05) is 30.9 Å². The van der Waals surface area contributed by atoms with Crippen molar-refractivity contribution in [2.75, 3.05) is 38.3 Å². The number of aliphatic hydroxyl groups excluding tert-OH is 1. The highest BCUT2D eigenvalue weighted by atomic mass is 19.1. The summed E-state index contributed by atoms with van der Waals surface area (Å²) in [6, 6.07) is 5.40. The Morgan fingerprint density at radius 2 is 2.15 bits per heavy atom. The standard InChI is InChI=1S/C19H31FN4O2/c1-4-21-19(23-14(2)13-26-3)22-12-15-5-6-18(17(20)11-15)24-9-7-16(25)8-10-24/h5-6,11,14,16,25H,4,7-10,12-13H2,1-3H3,(H2,21,22,23). The molecule has 0 aromatic heterocycles. The number of aliphatic imine (C=N–C) groups is 1. The second kappa shape index (κ2) is 10.3. The minimum absolute atomic E-state index is 0.131. The number of aliphatic hydroxyl groups is 1. The maximum atomic E-state index is 14.5. The highest BCUT2D eigenvalue weighted by Gasteiger charge is 2.19. The monoisotopic (exact) mass is 366 g/mol. The second-order valence-corrected chi connectivity index (χ2v) is 6.70. The Kier molecular flexibility index (Phi) is 8.12. The van der Waals surface area contributed by atoms with Crippen molar-refractivity contribution in [2.45, 2.75) is 45.4 Å². The SMILES string of the molecule is CCNC(=NCc1ccc(N2CCC(O)CC2)c(F)c1)NC(C)COC. The van der Waals surface area contributed by atoms with E-state index < -0.39 is 0 Å². The Bertz CT molecular complexity index is 589. The molecule has 1 aromatic rings. The maximum absolute atomic E-state index is 14.5. The van der Waals surface area contributed by atoms with E-state index in [9.17, 15) is 9.50 Å². The van der Waals surface area contributed by atoms with E-state index in [0.29, 0.717) is 50.7 Å². The molecule has 0 amide bonds. The summed E-state index contributed by atoms with van der Waals surface area (Å²) in [7, 11) is 1.66. The molecule has 1 fully saturated rings. The lowest BCUT2D eigenvalue weighted by Crippen LogP contribution is -2.43. The summed E-state index contributed by atoms with van der Waals surface area (Å²) in [5, 5.41) is 16.0. The zero-order chi connectivity index (χ0) is 18.9. The molecule has 0 spiro atoms. The van der Waals surface area contributed by atoms with Crippen molar-refractivity contribution < 1.29 is 14.2 Å². The van der Waals surface area contributed by atoms with Crippen LogP contribution in [0.1, 0.15) is 32.3 Å². The van der Waals surface area contributed by atoms with Crippen LogP contribution in [0.2, 0.25) is 0 Å². The summed E-state index contributed by atoms with van der Waals surface area (Å²) >= 11 is 0. The van der Waals surface area contributed by atoms with Crippen LogP contribution in [0.3, 0.4) is 0 Å². The number of guanidine groups is 1. The first-order valence-corrected chi connectivity index (χ1v) is 9.28. The molecular formula is C19H31FN4O2. The zero-order valence-corrected chi connectivity index (χ0v) is 16.0. The molecular weight excluding hydrogens is 335 g/mol. The molecule has 1 aromatic carbocycles. The average Bonchev–Trinajstić information content (AvgIpc) is 2.61. The molecule has 26 heavy (non-hydrogen) atoms. The minimum atomic E-state index is -0.264. The van der Waals surface area contributed by atoms with Crippen molar-refractivity contribution in [2.24, 2.45) is 4.99 Å². The number of ether oxygens (including phenoxy) is 1. The number of nitrogens with zero attached hydrogens (tertiary/aromatic N) is 2. The molecule has 0 bridgehead atoms. The van der Waals surface area contributed by atoms with E-state index in [1.165, 1.54) is 0 Å². The van der Waals surface area contributed by atoms with Gasteiger partial charge < -0.3 is 25.4 Å². The van der Waals surface area contributed by atoms with Crippen LogP contribution in [0.4, 0.5) is 10.1 Å². The molecule has 1 heterocycles. The lowest BCUT2D eigenvalue weighted by molar-refractivity contribution is 0.145. The van der Waals surface area contributed by atoms with Gasteiger partial charge in [0.15, 0.2) is 5.96 Å². The van der Waals surface area contributed by atoms with Crippen LogP contribution in [0, 0.1) is 5.82 Å². The minimum Gasteiger partial charge on any atom is -0.393 e. The zero-order valence-electron chi connectivity index (χ0n) is 16.0. The van der Waals surface area contributed by atoms with Gasteiger partial charge in [-0.3, -0.25) is 0 Å². The van der Waals surface area contributed by atoms with Crippen LogP contribution in [0.25, 0.3) is 0 Å². The van der Waals surface area contributed by atoms with Gasteiger partial charge in [0, 0.05) is 32.8 Å². The molecule has 3 N–H and O–H groups in total. The lowest BCUT2D eigenvalue weighted by atomic mass is 10.1. The molecule has 0 saturated carbocycles. The largest absolute Gasteiger partial charge is 0.393 e. The van der Waals surface area contributed by atoms with Crippen molar-refractivity contribution in [3.8, 4) is 0 Å². The fourth-order valence-electron chi connectivity index (χ4n) is 3.03. The van der Waals surface area contributed by atoms with Gasteiger partial charge in [0.05, 0.1) is 24.9 Å². The Hall–Kier alpha value is -1.86. The Morgan fingerprint density at radius 1 is 1.42 bits per heavy atom. The fourth-order valence-corrected chi connectivity index (χ4v) is 3.03. The first-order chi connectivity index (χ1) is 12.5. The molecule has 1 saturated heterocycles. The smallest absolute Gasteiger partial charge is 0.191 e. The molecule has 1 unspecified atom stereocenters. The third kappa shape index (κ3) is 6.14. The van der Waals surface area contributed by atoms with Gasteiger partial charge in [0.1, 0.15) is 5.82 Å². The maximum Gasteiger partial charge on any atom is 0.191 e. The van der Waals surface area contributed by atoms with Crippen LogP contribution in [-0.2, 0) is 11.3 Å². The van der Waals surface area contributed by atoms with Crippen molar-refractivity contribution in [1.82, 2.24) is 10.6 Å². The molecule has 1 aliphatic rings. The van der Waals surface area contributed by atoms with E-state index in [-0.39, 0.29) is 18.0 Å². The van der Waals surface area contributed by atoms with Crippen LogP contribution in [0.15, 0.2) is 23.2 Å². The van der Waals surface area contributed by atoms with Crippen molar-refractivity contribution >= 4 is 11.6 Å². The van der Waals surface area contributed by atoms with Crippen LogP contribution in [-0.4, -0.2) is 56.6 Å². The van der Waals surface area contributed by atoms with Gasteiger partial charge in [0.2, 0.25) is 0 Å². The number of anilines is 1. The highest BCUT2D eigenvalue weighted by Crippen LogP contribution is 2.24. The number of hydrogen-bond donors (Lipinski definition) is 3. The third-order valence-corrected chi connectivity index (χ3v) is 4.38. The number of methoxy groups -OCH3 is 1. The number of halogens is 1. The topological polar surface area (TPSA) is 69.1 Å². The molecule has 2 rings (SSSR count). The van der Waals surface area contributed by atoms with Crippen LogP contribution in [0.5, 0.6) is 0 Å². The summed E-state index contributed by atoms with van der Waals surface area (Å²) in [5.74, 6) is 0.450. The van der Waals surface area contributed by atoms with Gasteiger partial charge in [-0.1, -0.05) is 6.07 Å². The lowest BCUT2D eigenvalue weighted by Gasteiger charge is -2.31. The number of rotatable bonds is 7. The molecule has 1 aliphatic heterocycles. The molecule has 7 heteroatoms. The normalized spacial score (nSPS) is 17.3. The van der Waals surface area contributed by atoms with Gasteiger partial charge in [0.25, 0.3) is 0 Å². The first kappa shape index (κ1) is 20.5. The quantitative estimate of drug-likeness (QED) is 0.508. The second-order valence-electron chi connectivity index (χ2n) is 6.70. The van der Waals surface area contributed by atoms with Gasteiger partial charge in [-0.15, -0.1) is 0 Å². The molecule has 0 radical (unpaired) electrons. The van der Waals surface area contributed by atoms with E-state index in [1.54, 1.807) is 13.2 Å². The van der Waals surface area contributed by atoms with Crippen LogP contribution < -0.4 is 15.5 Å². The Balaban J connectivity index is 2.00. The Labute approximate surface area is 155 Å². The van der Waals surface area contributed by atoms with Gasteiger partial charge in [-0.25, -0.2) is 9.38 Å². The summed E-state index contributed by atoms with van der Waals surface area (Å²) in [6.07, 6.45) is 1.10. The number of piperidine rings is 1. The molecule has 1 atom stereocenters. The highest BCUT2D eigenvalue weighted by molar-refractivity contribution is 5.80. The van der Waals surface area contributed by atoms with E-state index in [4.69, 9.17) is 4.74 Å². The first-order valence-electron chi connectivity index (χ1n) is 9.28. The summed E-state index contributed by atoms with van der Waals surface area (Å²) in [6.45, 7) is 7.11. The third-order valence-electron chi connectivity index (χ3n) is 4.38. The number of hydrogen-bond acceptors (Lipinski definition) is 4. The predicted octanol–water partition coefficient (Wildman–Crippen LogP) is 1.88. The number of benzene rings is 1. The van der Waals surface area contributed by atoms with E-state index in [0.717, 1.165) is 12.1 Å². The van der Waals surface area contributed by atoms with Gasteiger partial charge in [-0.05, 0) is 44.4 Å². The van der Waals surface area contributed by atoms with Crippen molar-refractivity contribution in [3.05, 3.63) is 29.6 Å². The number of nitrogens with one attached hydrogen (secondary N) is 2.